The van der Waals surface area contributed by atoms with Gasteiger partial charge in [0.2, 0.25) is 11.0 Å². The van der Waals surface area contributed by atoms with Crippen LogP contribution in [0.3, 0.4) is 0 Å². The van der Waals surface area contributed by atoms with Crippen molar-refractivity contribution in [3.05, 3.63) is 24.3 Å². The number of thiazole rings is 1. The molecular weight excluding hydrogens is 364 g/mol. The van der Waals surface area contributed by atoms with Gasteiger partial charge in [-0.2, -0.15) is 0 Å². The van der Waals surface area contributed by atoms with Crippen LogP contribution in [0, 0.1) is 23.2 Å². The van der Waals surface area contributed by atoms with Crippen molar-refractivity contribution in [1.29, 1.82) is 0 Å². The summed E-state index contributed by atoms with van der Waals surface area (Å²) in [5.74, 6) is 2.35. The number of rotatable bonds is 3. The summed E-state index contributed by atoms with van der Waals surface area (Å²) < 4.78 is 1.11. The van der Waals surface area contributed by atoms with Crippen LogP contribution in [-0.4, -0.2) is 16.0 Å². The number of hydrogen-bond donors (Lipinski definition) is 3. The van der Waals surface area contributed by atoms with Gasteiger partial charge in [-0.3, -0.25) is 15.6 Å². The monoisotopic (exact) mass is 386 g/mol. The Labute approximate surface area is 161 Å². The van der Waals surface area contributed by atoms with Gasteiger partial charge in [0.1, 0.15) is 0 Å². The molecule has 4 aliphatic carbocycles. The van der Waals surface area contributed by atoms with Gasteiger partial charge >= 0.3 is 0 Å². The molecule has 0 spiro atoms. The van der Waals surface area contributed by atoms with Crippen molar-refractivity contribution in [2.45, 2.75) is 38.5 Å². The molecule has 0 saturated heterocycles. The van der Waals surface area contributed by atoms with Gasteiger partial charge in [-0.1, -0.05) is 23.5 Å². The molecule has 7 heteroatoms. The summed E-state index contributed by atoms with van der Waals surface area (Å²) in [4.78, 5) is 17.5. The lowest BCUT2D eigenvalue weighted by Crippen LogP contribution is -2.56. The highest BCUT2D eigenvalue weighted by atomic mass is 32.1. The Kier molecular flexibility index (Phi) is 3.90. The number of anilines is 1. The Balaban J connectivity index is 1.21. The van der Waals surface area contributed by atoms with E-state index < -0.39 is 0 Å². The van der Waals surface area contributed by atoms with E-state index in [2.05, 4.69) is 21.2 Å². The molecule has 1 aromatic carbocycles. The normalized spacial score (nSPS) is 31.8. The second-order valence-corrected chi connectivity index (χ2v) is 9.66. The van der Waals surface area contributed by atoms with Gasteiger partial charge in [-0.25, -0.2) is 4.98 Å². The average Bonchev–Trinajstić information content (AvgIpc) is 3.02. The topological polar surface area (TPSA) is 66.1 Å². The lowest BCUT2D eigenvalue weighted by Gasteiger charge is -2.55. The van der Waals surface area contributed by atoms with Gasteiger partial charge < -0.3 is 5.32 Å². The van der Waals surface area contributed by atoms with Crippen molar-refractivity contribution >= 4 is 49.9 Å². The molecule has 4 fully saturated rings. The summed E-state index contributed by atoms with van der Waals surface area (Å²) in [7, 11) is 0. The highest BCUT2D eigenvalue weighted by Gasteiger charge is 2.54. The molecule has 0 atom stereocenters. The third-order valence-electron chi connectivity index (χ3n) is 6.32. The summed E-state index contributed by atoms with van der Waals surface area (Å²) in [6, 6.07) is 7.97. The lowest BCUT2D eigenvalue weighted by atomic mass is 9.49. The van der Waals surface area contributed by atoms with Crippen molar-refractivity contribution in [1.82, 2.24) is 15.7 Å². The van der Waals surface area contributed by atoms with Crippen LogP contribution in [0.4, 0.5) is 5.13 Å². The first kappa shape index (κ1) is 16.4. The van der Waals surface area contributed by atoms with Gasteiger partial charge in [-0.05, 0) is 80.6 Å². The second kappa shape index (κ2) is 6.16. The number of nitrogens with zero attached hydrogens (tertiary/aromatic N) is 1. The van der Waals surface area contributed by atoms with Crippen LogP contribution in [0.2, 0.25) is 0 Å². The van der Waals surface area contributed by atoms with E-state index in [9.17, 15) is 4.79 Å². The molecule has 3 N–H and O–H groups in total. The number of hydrogen-bond acceptors (Lipinski definition) is 5. The van der Waals surface area contributed by atoms with Crippen LogP contribution < -0.4 is 16.2 Å². The highest BCUT2D eigenvalue weighted by Crippen LogP contribution is 2.60. The number of amides is 1. The summed E-state index contributed by atoms with van der Waals surface area (Å²) in [5.41, 5.74) is 6.70. The average molecular weight is 387 g/mol. The third-order valence-corrected chi connectivity index (χ3v) is 7.48. The zero-order chi connectivity index (χ0) is 17.7. The predicted octanol–water partition coefficient (Wildman–Crippen LogP) is 3.83. The number of hydrazine groups is 1. The fourth-order valence-corrected chi connectivity index (χ4v) is 6.65. The largest absolute Gasteiger partial charge is 0.301 e. The van der Waals surface area contributed by atoms with Gasteiger partial charge in [0.05, 0.1) is 15.6 Å². The first-order valence-corrected chi connectivity index (χ1v) is 10.6. The van der Waals surface area contributed by atoms with E-state index in [-0.39, 0.29) is 11.3 Å². The molecule has 4 bridgehead atoms. The predicted molar refractivity (Wildman–Crippen MR) is 108 cm³/mol. The van der Waals surface area contributed by atoms with Crippen molar-refractivity contribution < 1.29 is 4.79 Å². The Hall–Kier alpha value is -1.73. The van der Waals surface area contributed by atoms with Crippen molar-refractivity contribution in [3.63, 3.8) is 0 Å². The SMILES string of the molecule is O=C(NC(=S)NNc1nc2ccccc2s1)C12CC3CC(CC(C3)C1)C2. The van der Waals surface area contributed by atoms with Gasteiger partial charge in [-0.15, -0.1) is 0 Å². The lowest BCUT2D eigenvalue weighted by molar-refractivity contribution is -0.144. The number of carbonyl (C=O) groups excluding carboxylic acids is 1. The zero-order valence-electron chi connectivity index (χ0n) is 14.5. The van der Waals surface area contributed by atoms with E-state index in [1.54, 1.807) is 11.3 Å². The molecule has 1 heterocycles. The maximum Gasteiger partial charge on any atom is 0.232 e. The number of fused-ring (bicyclic) bond motifs is 1. The maximum atomic E-state index is 13.0. The van der Waals surface area contributed by atoms with Crippen LogP contribution in [0.5, 0.6) is 0 Å². The van der Waals surface area contributed by atoms with E-state index in [4.69, 9.17) is 12.2 Å². The minimum absolute atomic E-state index is 0.111. The number of benzene rings is 1. The molecule has 4 aliphatic rings. The molecule has 1 aromatic heterocycles. The highest BCUT2D eigenvalue weighted by molar-refractivity contribution is 7.80. The fourth-order valence-electron chi connectivity index (χ4n) is 5.69. The first-order valence-electron chi connectivity index (χ1n) is 9.33. The molecule has 2 aromatic rings. The van der Waals surface area contributed by atoms with Gasteiger partial charge in [0, 0.05) is 0 Å². The summed E-state index contributed by atoms with van der Waals surface area (Å²) >= 11 is 6.88. The molecule has 5 nitrogen and oxygen atoms in total. The van der Waals surface area contributed by atoms with Gasteiger partial charge in [0.25, 0.3) is 0 Å². The molecule has 0 aliphatic heterocycles. The van der Waals surface area contributed by atoms with Crippen LogP contribution in [0.1, 0.15) is 38.5 Å². The van der Waals surface area contributed by atoms with E-state index >= 15 is 0 Å². The quantitative estimate of drug-likeness (QED) is 0.553. The minimum Gasteiger partial charge on any atom is -0.301 e. The number of thiocarbonyl (C=S) groups is 1. The van der Waals surface area contributed by atoms with Crippen LogP contribution in [0.15, 0.2) is 24.3 Å². The summed E-state index contributed by atoms with van der Waals surface area (Å²) in [5, 5.41) is 3.99. The number of nitrogens with one attached hydrogen (secondary N) is 3. The Morgan fingerprint density at radius 1 is 1.12 bits per heavy atom. The summed E-state index contributed by atoms with van der Waals surface area (Å²) in [6.07, 6.45) is 7.10. The van der Waals surface area contributed by atoms with E-state index in [0.717, 1.165) is 52.4 Å². The molecule has 0 radical (unpaired) electrons. The third kappa shape index (κ3) is 2.87. The standard InChI is InChI=1S/C19H22N4OS2/c24-16(19-8-11-5-12(9-19)7-13(6-11)10-19)21-17(25)22-23-18-20-14-3-1-2-4-15(14)26-18/h1-4,11-13H,5-10H2,(H,20,23)(H2,21,22,24,25). The van der Waals surface area contributed by atoms with E-state index in [1.807, 2.05) is 24.3 Å². The van der Waals surface area contributed by atoms with Crippen LogP contribution in [0.25, 0.3) is 10.2 Å². The smallest absolute Gasteiger partial charge is 0.232 e. The number of para-hydroxylation sites is 1. The van der Waals surface area contributed by atoms with Crippen molar-refractivity contribution in [2.75, 3.05) is 5.43 Å². The molecule has 4 saturated carbocycles. The second-order valence-electron chi connectivity index (χ2n) is 8.22. The first-order chi connectivity index (χ1) is 12.6. The van der Waals surface area contributed by atoms with Gasteiger partial charge in [0.15, 0.2) is 5.11 Å². The maximum absolute atomic E-state index is 13.0. The molecule has 26 heavy (non-hydrogen) atoms. The number of aromatic nitrogens is 1. The molecular formula is C19H22N4OS2. The molecule has 1 amide bonds. The van der Waals surface area contributed by atoms with Crippen LogP contribution in [-0.2, 0) is 4.79 Å². The minimum atomic E-state index is -0.184. The Morgan fingerprint density at radius 3 is 2.42 bits per heavy atom. The zero-order valence-corrected chi connectivity index (χ0v) is 16.1. The fraction of sp³-hybridized carbons (Fsp3) is 0.526. The molecule has 136 valence electrons. The van der Waals surface area contributed by atoms with E-state index in [0.29, 0.717) is 5.11 Å². The van der Waals surface area contributed by atoms with Crippen LogP contribution >= 0.6 is 23.6 Å². The molecule has 6 rings (SSSR count). The summed E-state index contributed by atoms with van der Waals surface area (Å²) in [6.45, 7) is 0. The molecule has 0 unspecified atom stereocenters. The Morgan fingerprint density at radius 2 is 1.77 bits per heavy atom. The van der Waals surface area contributed by atoms with Crippen molar-refractivity contribution in [2.24, 2.45) is 23.2 Å². The van der Waals surface area contributed by atoms with E-state index in [1.165, 1.54) is 19.3 Å². The Bertz CT molecular complexity index is 809. The number of carbonyl (C=O) groups is 1. The van der Waals surface area contributed by atoms with Crippen molar-refractivity contribution in [3.8, 4) is 0 Å².